The van der Waals surface area contributed by atoms with Gasteiger partial charge < -0.3 is 0 Å². The van der Waals surface area contributed by atoms with Crippen LogP contribution in [-0.4, -0.2) is 10.5 Å². The minimum Gasteiger partial charge on any atom is -0.286 e. The van der Waals surface area contributed by atoms with Crippen molar-refractivity contribution in [2.75, 3.05) is 0 Å². The summed E-state index contributed by atoms with van der Waals surface area (Å²) in [5.41, 5.74) is 0. The lowest BCUT2D eigenvalue weighted by Gasteiger charge is -1.94. The van der Waals surface area contributed by atoms with E-state index in [1.54, 1.807) is 0 Å². The molecule has 0 amide bonds. The van der Waals surface area contributed by atoms with E-state index in [1.165, 1.54) is 0 Å². The van der Waals surface area contributed by atoms with Crippen LogP contribution in [0.15, 0.2) is 0 Å². The average Bonchev–Trinajstić information content (AvgIpc) is 1.65. The highest BCUT2D eigenvalue weighted by Gasteiger charge is 2.05. The van der Waals surface area contributed by atoms with Gasteiger partial charge in [0, 0.05) is 0 Å². The number of rotatable bonds is 2. The van der Waals surface area contributed by atoms with Crippen molar-refractivity contribution < 1.29 is 4.79 Å². The molecule has 7 heavy (non-hydrogen) atoms. The van der Waals surface area contributed by atoms with Crippen LogP contribution in [0.3, 0.4) is 0 Å². The van der Waals surface area contributed by atoms with E-state index in [4.69, 9.17) is 11.6 Å². The third-order valence-corrected chi connectivity index (χ3v) is 1.60. The quantitative estimate of drug-likeness (QED) is 0.452. The van der Waals surface area contributed by atoms with Crippen molar-refractivity contribution in [1.82, 2.24) is 0 Å². The van der Waals surface area contributed by atoms with Gasteiger partial charge in [0.05, 0.1) is 0 Å². The van der Waals surface area contributed by atoms with Crippen LogP contribution < -0.4 is 0 Å². The van der Waals surface area contributed by atoms with E-state index in [0.717, 1.165) is 0 Å². The summed E-state index contributed by atoms with van der Waals surface area (Å²) in [5, 5.41) is -0.646. The van der Waals surface area contributed by atoms with E-state index in [9.17, 15) is 4.79 Å². The highest BCUT2D eigenvalue weighted by atomic mass is 35.5. The Morgan fingerprint density at radius 2 is 2.43 bits per heavy atom. The Kier molecular flexibility index (Phi) is 3.48. The largest absolute Gasteiger partial charge is 0.286 e. The first kappa shape index (κ1) is 7.31. The van der Waals surface area contributed by atoms with Gasteiger partial charge in [0.2, 0.25) is 5.12 Å². The maximum Gasteiger partial charge on any atom is 0.203 e. The molecule has 3 heteroatoms. The number of alkyl halides is 1. The zero-order valence-electron chi connectivity index (χ0n) is 4.02. The SMILES string of the molecule is CCC(Cl)C(=O)S. The van der Waals surface area contributed by atoms with Crippen molar-refractivity contribution in [2.45, 2.75) is 18.7 Å². The number of hydrogen-bond donors (Lipinski definition) is 1. The normalized spacial score (nSPS) is 13.6. The summed E-state index contributed by atoms with van der Waals surface area (Å²) in [6, 6.07) is 0. The molecule has 0 aromatic heterocycles. The van der Waals surface area contributed by atoms with Gasteiger partial charge in [-0.25, -0.2) is 0 Å². The van der Waals surface area contributed by atoms with Crippen molar-refractivity contribution in [1.29, 1.82) is 0 Å². The Morgan fingerprint density at radius 3 is 2.43 bits per heavy atom. The summed E-state index contributed by atoms with van der Waals surface area (Å²) < 4.78 is 0. The summed E-state index contributed by atoms with van der Waals surface area (Å²) >= 11 is 8.88. The van der Waals surface area contributed by atoms with Crippen LogP contribution in [0.25, 0.3) is 0 Å². The predicted molar refractivity (Wildman–Crippen MR) is 33.9 cm³/mol. The van der Waals surface area contributed by atoms with Gasteiger partial charge in [0.25, 0.3) is 0 Å². The van der Waals surface area contributed by atoms with Crippen molar-refractivity contribution >= 4 is 29.3 Å². The Labute approximate surface area is 53.5 Å². The predicted octanol–water partition coefficient (Wildman–Crippen LogP) is 1.46. The Bertz CT molecular complexity index is 74.1. The molecule has 0 bridgehead atoms. The van der Waals surface area contributed by atoms with E-state index in [0.29, 0.717) is 6.42 Å². The Hall–Kier alpha value is 0.310. The highest BCUT2D eigenvalue weighted by molar-refractivity contribution is 7.97. The number of halogens is 1. The van der Waals surface area contributed by atoms with Gasteiger partial charge in [-0.1, -0.05) is 6.92 Å². The van der Waals surface area contributed by atoms with Gasteiger partial charge in [-0.05, 0) is 6.42 Å². The number of carbonyl (C=O) groups excluding carboxylic acids is 1. The summed E-state index contributed by atoms with van der Waals surface area (Å²) in [6.07, 6.45) is 0.657. The van der Waals surface area contributed by atoms with Gasteiger partial charge in [-0.3, -0.25) is 4.79 Å². The van der Waals surface area contributed by atoms with Crippen molar-refractivity contribution in [3.63, 3.8) is 0 Å². The van der Waals surface area contributed by atoms with E-state index < -0.39 is 5.38 Å². The Balaban J connectivity index is 3.34. The lowest BCUT2D eigenvalue weighted by Crippen LogP contribution is -2.04. The molecule has 0 fully saturated rings. The highest BCUT2D eigenvalue weighted by Crippen LogP contribution is 2.03. The molecule has 0 saturated heterocycles. The summed E-state index contributed by atoms with van der Waals surface area (Å²) in [4.78, 5) is 10.1. The van der Waals surface area contributed by atoms with Crippen LogP contribution in [0.4, 0.5) is 0 Å². The Morgan fingerprint density at radius 1 is 2.00 bits per heavy atom. The molecule has 0 saturated carbocycles. The first-order valence-electron chi connectivity index (χ1n) is 2.05. The van der Waals surface area contributed by atoms with Gasteiger partial charge >= 0.3 is 0 Å². The summed E-state index contributed by atoms with van der Waals surface area (Å²) in [6.45, 7) is 1.84. The molecule has 0 spiro atoms. The van der Waals surface area contributed by atoms with Gasteiger partial charge in [-0.2, -0.15) is 0 Å². The number of carbonyl (C=O) groups is 1. The maximum atomic E-state index is 10.1. The molecule has 1 unspecified atom stereocenters. The smallest absolute Gasteiger partial charge is 0.203 e. The molecule has 0 heterocycles. The first-order chi connectivity index (χ1) is 3.18. The summed E-state index contributed by atoms with van der Waals surface area (Å²) in [7, 11) is 0. The van der Waals surface area contributed by atoms with Crippen LogP contribution in [0.2, 0.25) is 0 Å². The van der Waals surface area contributed by atoms with Gasteiger partial charge in [0.1, 0.15) is 5.38 Å². The molecule has 0 rings (SSSR count). The lowest BCUT2D eigenvalue weighted by molar-refractivity contribution is -0.110. The molecule has 0 aliphatic rings. The van der Waals surface area contributed by atoms with Crippen LogP contribution in [0.1, 0.15) is 13.3 Å². The number of thiol groups is 1. The van der Waals surface area contributed by atoms with Crippen molar-refractivity contribution in [3.8, 4) is 0 Å². The third-order valence-electron chi connectivity index (χ3n) is 0.626. The molecular formula is C4H7ClOS. The van der Waals surface area contributed by atoms with Crippen molar-refractivity contribution in [2.24, 2.45) is 0 Å². The van der Waals surface area contributed by atoms with Crippen LogP contribution in [-0.2, 0) is 4.79 Å². The number of hydrogen-bond acceptors (Lipinski definition) is 1. The molecule has 0 aliphatic carbocycles. The topological polar surface area (TPSA) is 17.1 Å². The zero-order chi connectivity index (χ0) is 5.86. The summed E-state index contributed by atoms with van der Waals surface area (Å²) in [5.74, 6) is 0. The monoisotopic (exact) mass is 138 g/mol. The molecule has 1 atom stereocenters. The molecule has 0 radical (unpaired) electrons. The molecule has 0 N–H and O–H groups in total. The fraction of sp³-hybridized carbons (Fsp3) is 0.750. The second-order valence-electron chi connectivity index (χ2n) is 1.21. The maximum absolute atomic E-state index is 10.1. The lowest BCUT2D eigenvalue weighted by atomic mass is 10.4. The average molecular weight is 139 g/mol. The van der Waals surface area contributed by atoms with Crippen LogP contribution >= 0.6 is 24.2 Å². The van der Waals surface area contributed by atoms with E-state index in [1.807, 2.05) is 6.92 Å². The van der Waals surface area contributed by atoms with Crippen molar-refractivity contribution in [3.05, 3.63) is 0 Å². The van der Waals surface area contributed by atoms with E-state index in [2.05, 4.69) is 12.6 Å². The third kappa shape index (κ3) is 2.94. The molecule has 0 aromatic rings. The van der Waals surface area contributed by atoms with Crippen LogP contribution in [0.5, 0.6) is 0 Å². The second-order valence-corrected chi connectivity index (χ2v) is 2.18. The molecule has 1 nitrogen and oxygen atoms in total. The molecular weight excluding hydrogens is 132 g/mol. The standard InChI is InChI=1S/C4H7ClOS/c1-2-3(5)4(6)7/h3H,2H2,1H3,(H,6,7). The first-order valence-corrected chi connectivity index (χ1v) is 2.93. The van der Waals surface area contributed by atoms with E-state index >= 15 is 0 Å². The second kappa shape index (κ2) is 3.33. The van der Waals surface area contributed by atoms with Gasteiger partial charge in [-0.15, -0.1) is 24.2 Å². The minimum atomic E-state index is -0.400. The molecule has 0 aliphatic heterocycles. The molecule has 42 valence electrons. The van der Waals surface area contributed by atoms with Gasteiger partial charge in [0.15, 0.2) is 0 Å². The molecule has 0 aromatic carbocycles. The fourth-order valence-corrected chi connectivity index (χ4v) is 0.357. The fourth-order valence-electron chi connectivity index (χ4n) is 0.175. The minimum absolute atomic E-state index is 0.246. The van der Waals surface area contributed by atoms with Crippen LogP contribution in [0, 0.1) is 0 Å². The van der Waals surface area contributed by atoms with E-state index in [-0.39, 0.29) is 5.12 Å². The zero-order valence-corrected chi connectivity index (χ0v) is 5.67.